The van der Waals surface area contributed by atoms with Crippen molar-refractivity contribution in [3.63, 3.8) is 0 Å². The average molecular weight is 407 g/mol. The zero-order valence-electron chi connectivity index (χ0n) is 18.6. The smallest absolute Gasteiger partial charge is 0.233 e. The Morgan fingerprint density at radius 2 is 1.76 bits per heavy atom. The number of hydrogen-bond donors (Lipinski definition) is 4. The van der Waals surface area contributed by atoms with E-state index in [1.165, 1.54) is 25.7 Å². The van der Waals surface area contributed by atoms with Crippen molar-refractivity contribution in [2.45, 2.75) is 97.2 Å². The molecular weight excluding hydrogens is 364 g/mol. The molecule has 29 heavy (non-hydrogen) atoms. The van der Waals surface area contributed by atoms with Gasteiger partial charge in [0, 0.05) is 6.42 Å². The van der Waals surface area contributed by atoms with Gasteiger partial charge in [0.15, 0.2) is 0 Å². The lowest BCUT2D eigenvalue weighted by Crippen LogP contribution is -2.58. The molecule has 0 unspecified atom stereocenters. The summed E-state index contributed by atoms with van der Waals surface area (Å²) in [5.41, 5.74) is 2.82. The van der Waals surface area contributed by atoms with E-state index in [9.17, 15) is 15.0 Å². The normalized spacial score (nSPS) is 50.2. The van der Waals surface area contributed by atoms with Gasteiger partial charge in [0.2, 0.25) is 5.91 Å². The fourth-order valence-corrected chi connectivity index (χ4v) is 8.81. The Kier molecular flexibility index (Phi) is 5.80. The Labute approximate surface area is 176 Å². The predicted octanol–water partition coefficient (Wildman–Crippen LogP) is 3.38. The second-order valence-corrected chi connectivity index (χ2v) is 11.5. The first-order valence-electron chi connectivity index (χ1n) is 12.1. The van der Waals surface area contributed by atoms with Crippen LogP contribution in [0.4, 0.5) is 0 Å². The molecule has 5 N–H and O–H groups in total. The summed E-state index contributed by atoms with van der Waals surface area (Å²) in [7, 11) is 0. The van der Waals surface area contributed by atoms with E-state index in [4.69, 9.17) is 5.84 Å². The maximum absolute atomic E-state index is 11.6. The number of aliphatic hydroxyl groups excluding tert-OH is 2. The molecule has 5 heteroatoms. The number of rotatable bonds is 4. The highest BCUT2D eigenvalue weighted by molar-refractivity contribution is 5.75. The van der Waals surface area contributed by atoms with Gasteiger partial charge in [-0.3, -0.25) is 10.2 Å². The molecule has 0 aliphatic heterocycles. The highest BCUT2D eigenvalue weighted by atomic mass is 16.3. The van der Waals surface area contributed by atoms with E-state index in [-0.39, 0.29) is 28.9 Å². The number of amides is 1. The lowest BCUT2D eigenvalue weighted by Gasteiger charge is -2.62. The van der Waals surface area contributed by atoms with Crippen molar-refractivity contribution in [1.82, 2.24) is 5.43 Å². The third-order valence-electron chi connectivity index (χ3n) is 10.4. The van der Waals surface area contributed by atoms with E-state index in [0.717, 1.165) is 32.1 Å². The maximum atomic E-state index is 11.6. The van der Waals surface area contributed by atoms with Crippen molar-refractivity contribution < 1.29 is 15.0 Å². The van der Waals surface area contributed by atoms with Gasteiger partial charge in [-0.2, -0.15) is 0 Å². The van der Waals surface area contributed by atoms with Gasteiger partial charge in [-0.1, -0.05) is 20.8 Å². The quantitative estimate of drug-likeness (QED) is 0.327. The monoisotopic (exact) mass is 406 g/mol. The van der Waals surface area contributed by atoms with Crippen LogP contribution in [0, 0.1) is 46.3 Å². The minimum atomic E-state index is -0.218. The highest BCUT2D eigenvalue weighted by Gasteiger charge is 2.62. The van der Waals surface area contributed by atoms with Crippen LogP contribution in [0.5, 0.6) is 0 Å². The third kappa shape index (κ3) is 3.45. The number of aliphatic hydroxyl groups is 2. The number of nitrogens with one attached hydrogen (secondary N) is 1. The molecule has 4 saturated carbocycles. The van der Waals surface area contributed by atoms with Crippen molar-refractivity contribution in [2.75, 3.05) is 0 Å². The first-order chi connectivity index (χ1) is 13.7. The largest absolute Gasteiger partial charge is 0.393 e. The summed E-state index contributed by atoms with van der Waals surface area (Å²) in [4.78, 5) is 11.6. The lowest BCUT2D eigenvalue weighted by atomic mass is 9.43. The second-order valence-electron chi connectivity index (χ2n) is 11.5. The van der Waals surface area contributed by atoms with Gasteiger partial charge in [0.05, 0.1) is 12.2 Å². The molecule has 0 heterocycles. The molecule has 0 radical (unpaired) electrons. The minimum absolute atomic E-state index is 0.0681. The van der Waals surface area contributed by atoms with Crippen molar-refractivity contribution in [1.29, 1.82) is 0 Å². The van der Waals surface area contributed by atoms with Gasteiger partial charge < -0.3 is 10.2 Å². The van der Waals surface area contributed by atoms with Crippen molar-refractivity contribution >= 4 is 5.91 Å². The van der Waals surface area contributed by atoms with Crippen LogP contribution in [0.2, 0.25) is 0 Å². The Balaban J connectivity index is 1.53. The first-order valence-corrected chi connectivity index (χ1v) is 12.1. The Morgan fingerprint density at radius 1 is 1.07 bits per heavy atom. The Morgan fingerprint density at radius 3 is 2.48 bits per heavy atom. The number of carbonyl (C=O) groups excluding carboxylic acids is 1. The molecule has 10 atom stereocenters. The molecule has 0 aromatic heterocycles. The van der Waals surface area contributed by atoms with Gasteiger partial charge in [0.1, 0.15) is 0 Å². The second kappa shape index (κ2) is 7.80. The summed E-state index contributed by atoms with van der Waals surface area (Å²) in [6.07, 6.45) is 9.70. The van der Waals surface area contributed by atoms with Gasteiger partial charge >= 0.3 is 0 Å². The predicted molar refractivity (Wildman–Crippen MR) is 113 cm³/mol. The van der Waals surface area contributed by atoms with Crippen LogP contribution in [0.15, 0.2) is 0 Å². The van der Waals surface area contributed by atoms with Gasteiger partial charge in [-0.05, 0) is 104 Å². The molecule has 4 aliphatic rings. The summed E-state index contributed by atoms with van der Waals surface area (Å²) in [5.74, 6) is 8.40. The van der Waals surface area contributed by atoms with E-state index in [1.54, 1.807) is 0 Å². The van der Waals surface area contributed by atoms with E-state index in [0.29, 0.717) is 41.9 Å². The molecule has 5 nitrogen and oxygen atoms in total. The standard InChI is InChI=1S/C24H42N2O3/c1-14(4-7-21(29)26-25)17-5-6-18-22-19(9-11-24(17,18)3)23(2)10-8-16(27)12-15(23)13-20(22)28/h14-20,22,27-28H,4-13,25H2,1-3H3,(H,26,29)/t14-,15+,16-,17-,18+,19+,20+,22+,23-,24+/m0/s1. The van der Waals surface area contributed by atoms with Crippen LogP contribution in [0.1, 0.15) is 85.0 Å². The molecule has 4 aliphatic carbocycles. The van der Waals surface area contributed by atoms with Gasteiger partial charge in [-0.15, -0.1) is 0 Å². The zero-order valence-corrected chi connectivity index (χ0v) is 18.6. The molecule has 0 spiro atoms. The number of hydrogen-bond acceptors (Lipinski definition) is 4. The van der Waals surface area contributed by atoms with E-state index >= 15 is 0 Å². The topological polar surface area (TPSA) is 95.6 Å². The zero-order chi connectivity index (χ0) is 21.0. The van der Waals surface area contributed by atoms with Crippen molar-refractivity contribution in [3.05, 3.63) is 0 Å². The Hall–Kier alpha value is -0.650. The Bertz CT molecular complexity index is 627. The first kappa shape index (κ1) is 21.6. The summed E-state index contributed by atoms with van der Waals surface area (Å²) >= 11 is 0. The van der Waals surface area contributed by atoms with Crippen LogP contribution in [0.3, 0.4) is 0 Å². The molecule has 1 amide bonds. The minimum Gasteiger partial charge on any atom is -0.393 e. The number of fused-ring (bicyclic) bond motifs is 5. The van der Waals surface area contributed by atoms with E-state index < -0.39 is 0 Å². The molecule has 0 saturated heterocycles. The summed E-state index contributed by atoms with van der Waals surface area (Å²) in [6.45, 7) is 7.26. The third-order valence-corrected chi connectivity index (χ3v) is 10.4. The van der Waals surface area contributed by atoms with Gasteiger partial charge in [-0.25, -0.2) is 5.84 Å². The van der Waals surface area contributed by atoms with Crippen LogP contribution in [-0.2, 0) is 4.79 Å². The van der Waals surface area contributed by atoms with Crippen LogP contribution in [0.25, 0.3) is 0 Å². The van der Waals surface area contributed by atoms with E-state index in [1.807, 2.05) is 0 Å². The molecular formula is C24H42N2O3. The number of carbonyl (C=O) groups is 1. The highest BCUT2D eigenvalue weighted by Crippen LogP contribution is 2.68. The van der Waals surface area contributed by atoms with Crippen LogP contribution in [-0.4, -0.2) is 28.3 Å². The number of hydrazine groups is 1. The molecule has 4 rings (SSSR count). The summed E-state index contributed by atoms with van der Waals surface area (Å²) < 4.78 is 0. The van der Waals surface area contributed by atoms with Crippen LogP contribution >= 0.6 is 0 Å². The van der Waals surface area contributed by atoms with Gasteiger partial charge in [0.25, 0.3) is 0 Å². The van der Waals surface area contributed by atoms with Crippen molar-refractivity contribution in [3.8, 4) is 0 Å². The molecule has 0 bridgehead atoms. The van der Waals surface area contributed by atoms with Crippen molar-refractivity contribution in [2.24, 2.45) is 52.2 Å². The number of nitrogens with two attached hydrogens (primary N) is 1. The fourth-order valence-electron chi connectivity index (χ4n) is 8.81. The maximum Gasteiger partial charge on any atom is 0.233 e. The van der Waals surface area contributed by atoms with E-state index in [2.05, 4.69) is 26.2 Å². The molecule has 0 aromatic carbocycles. The lowest BCUT2D eigenvalue weighted by molar-refractivity contribution is -0.174. The SMILES string of the molecule is C[C@@H](CCC(=O)NN)[C@@H]1CC[C@@H]2[C@H]3[C@H](O)C[C@H]4C[C@@H](O)CC[C@]4(C)[C@@H]3CC[C@@]21C. The van der Waals surface area contributed by atoms with Crippen LogP contribution < -0.4 is 11.3 Å². The molecule has 4 fully saturated rings. The summed E-state index contributed by atoms with van der Waals surface area (Å²) in [6, 6.07) is 0. The fraction of sp³-hybridized carbons (Fsp3) is 0.958. The average Bonchev–Trinajstić information content (AvgIpc) is 3.04. The molecule has 0 aromatic rings. The summed E-state index contributed by atoms with van der Waals surface area (Å²) in [5, 5.41) is 21.5. The molecule has 166 valence electrons.